The van der Waals surface area contributed by atoms with E-state index in [0.717, 1.165) is 70.6 Å². The van der Waals surface area contributed by atoms with Gasteiger partial charge in [-0.15, -0.1) is 0 Å². The van der Waals surface area contributed by atoms with Gasteiger partial charge >= 0.3 is 12.2 Å². The first-order valence-corrected chi connectivity index (χ1v) is 19.3. The predicted molar refractivity (Wildman–Crippen MR) is 211 cm³/mol. The first-order valence-electron chi connectivity index (χ1n) is 19.3. The molecule has 14 heteroatoms. The summed E-state index contributed by atoms with van der Waals surface area (Å²) in [5, 5.41) is 5.42. The van der Waals surface area contributed by atoms with Crippen molar-refractivity contribution < 1.29 is 28.7 Å². The SMILES string of the molecule is COC(=O)N[C@H](C(=O)N1CCC[C@H]1c1cn2ccc(-c3ccc(-c4ccn5cc([C@@H]6CCCN6C(=O)[C@@H](NC(=O)OC)C(C)C)nc5c4)cc3)cc2n1)C(C)C. The molecule has 7 rings (SSSR count). The van der Waals surface area contributed by atoms with E-state index in [0.29, 0.717) is 13.1 Å². The van der Waals surface area contributed by atoms with E-state index >= 15 is 0 Å². The van der Waals surface area contributed by atoms with Gasteiger partial charge in [0.15, 0.2) is 0 Å². The summed E-state index contributed by atoms with van der Waals surface area (Å²) in [6, 6.07) is 14.9. The molecule has 5 aromatic rings. The zero-order valence-corrected chi connectivity index (χ0v) is 32.8. The molecule has 4 atom stereocenters. The number of alkyl carbamates (subject to hydrolysis) is 2. The van der Waals surface area contributed by atoms with Crippen molar-refractivity contribution in [3.05, 3.63) is 84.7 Å². The molecule has 2 saturated heterocycles. The Labute approximate surface area is 326 Å². The average molecular weight is 763 g/mol. The second kappa shape index (κ2) is 16.0. The van der Waals surface area contributed by atoms with Crippen LogP contribution in [0.25, 0.3) is 33.5 Å². The molecule has 6 heterocycles. The summed E-state index contributed by atoms with van der Waals surface area (Å²) in [5.74, 6) is -0.462. The number of methoxy groups -OCH3 is 2. The lowest BCUT2D eigenvalue weighted by Gasteiger charge is -2.30. The van der Waals surface area contributed by atoms with Gasteiger partial charge in [0.2, 0.25) is 11.8 Å². The Kier molecular flexibility index (Phi) is 11.0. The number of nitrogens with one attached hydrogen (secondary N) is 2. The molecular formula is C42H50N8O6. The number of imidazole rings is 2. The van der Waals surface area contributed by atoms with Crippen LogP contribution in [0.4, 0.5) is 9.59 Å². The molecule has 294 valence electrons. The van der Waals surface area contributed by atoms with Gasteiger partial charge in [0.05, 0.1) is 37.7 Å². The zero-order chi connectivity index (χ0) is 39.7. The number of benzene rings is 1. The van der Waals surface area contributed by atoms with Crippen LogP contribution in [0, 0.1) is 11.8 Å². The van der Waals surface area contributed by atoms with Crippen LogP contribution >= 0.6 is 0 Å². The van der Waals surface area contributed by atoms with Crippen LogP contribution in [0.3, 0.4) is 0 Å². The highest BCUT2D eigenvalue weighted by Gasteiger charge is 2.38. The van der Waals surface area contributed by atoms with Crippen molar-refractivity contribution >= 4 is 35.3 Å². The molecular weight excluding hydrogens is 713 g/mol. The molecule has 0 bridgehead atoms. The molecule has 0 radical (unpaired) electrons. The number of pyridine rings is 2. The summed E-state index contributed by atoms with van der Waals surface area (Å²) in [6.07, 6.45) is 10.0. The number of carbonyl (C=O) groups is 4. The Balaban J connectivity index is 1.06. The number of aromatic nitrogens is 4. The maximum Gasteiger partial charge on any atom is 0.407 e. The molecule has 4 aromatic heterocycles. The van der Waals surface area contributed by atoms with Crippen molar-refractivity contribution in [2.75, 3.05) is 27.3 Å². The topological polar surface area (TPSA) is 152 Å². The second-order valence-electron chi connectivity index (χ2n) is 15.4. The monoisotopic (exact) mass is 762 g/mol. The molecule has 2 aliphatic heterocycles. The minimum absolute atomic E-state index is 0.103. The number of hydrogen-bond donors (Lipinski definition) is 2. The number of hydrogen-bond acceptors (Lipinski definition) is 8. The predicted octanol–water partition coefficient (Wildman–Crippen LogP) is 6.40. The van der Waals surface area contributed by atoms with E-state index in [1.54, 1.807) is 0 Å². The van der Waals surface area contributed by atoms with Gasteiger partial charge < -0.3 is 38.7 Å². The molecule has 14 nitrogen and oxygen atoms in total. The van der Waals surface area contributed by atoms with E-state index < -0.39 is 24.3 Å². The summed E-state index contributed by atoms with van der Waals surface area (Å²) in [6.45, 7) is 8.84. The summed E-state index contributed by atoms with van der Waals surface area (Å²) < 4.78 is 13.5. The van der Waals surface area contributed by atoms with Gasteiger partial charge in [-0.2, -0.15) is 0 Å². The Morgan fingerprint density at radius 2 is 1.02 bits per heavy atom. The Morgan fingerprint density at radius 3 is 1.38 bits per heavy atom. The summed E-state index contributed by atoms with van der Waals surface area (Å²) in [7, 11) is 2.59. The third kappa shape index (κ3) is 7.64. The van der Waals surface area contributed by atoms with E-state index in [2.05, 4.69) is 59.2 Å². The normalized spacial score (nSPS) is 18.1. The fourth-order valence-corrected chi connectivity index (χ4v) is 7.97. The highest BCUT2D eigenvalue weighted by atomic mass is 16.5. The lowest BCUT2D eigenvalue weighted by molar-refractivity contribution is -0.136. The van der Waals surface area contributed by atoms with Gasteiger partial charge in [-0.25, -0.2) is 19.6 Å². The number of likely N-dealkylation sites (tertiary alicyclic amines) is 2. The van der Waals surface area contributed by atoms with Crippen molar-refractivity contribution in [3.63, 3.8) is 0 Å². The summed E-state index contributed by atoms with van der Waals surface area (Å²) in [4.78, 5) is 64.8. The minimum Gasteiger partial charge on any atom is -0.453 e. The van der Waals surface area contributed by atoms with Gasteiger partial charge in [0, 0.05) is 37.9 Å². The van der Waals surface area contributed by atoms with Crippen LogP contribution < -0.4 is 10.6 Å². The maximum atomic E-state index is 13.6. The molecule has 1 aromatic carbocycles. The molecule has 0 saturated carbocycles. The third-order valence-electron chi connectivity index (χ3n) is 11.0. The Hall–Kier alpha value is -5.92. The molecule has 0 unspecified atom stereocenters. The number of fused-ring (bicyclic) bond motifs is 2. The first-order chi connectivity index (χ1) is 26.9. The Bertz CT molecular complexity index is 2090. The summed E-state index contributed by atoms with van der Waals surface area (Å²) in [5.41, 5.74) is 7.36. The first kappa shape index (κ1) is 38.4. The molecule has 2 N–H and O–H groups in total. The molecule has 2 fully saturated rings. The lowest BCUT2D eigenvalue weighted by Crippen LogP contribution is -2.51. The lowest BCUT2D eigenvalue weighted by atomic mass is 10.0. The standard InChI is InChI=1S/C42H50N8O6/c1-25(2)37(45-41(53)55-5)39(51)49-17-7-9-33(49)31-23-47-19-15-29(21-35(47)43-31)27-11-13-28(14-12-27)30-16-20-48-24-32(44-36(48)22-30)34-10-8-18-50(34)40(52)38(26(3)4)46-42(54)56-6/h11-16,19-26,33-34,37-38H,7-10,17-18H2,1-6H3,(H,45,53)(H,46,54)/t33-,34-,37-,38-/m0/s1. The van der Waals surface area contributed by atoms with Gasteiger partial charge in [0.25, 0.3) is 0 Å². The van der Waals surface area contributed by atoms with Gasteiger partial charge in [0.1, 0.15) is 23.4 Å². The van der Waals surface area contributed by atoms with Crippen LogP contribution in [0.1, 0.15) is 76.8 Å². The minimum atomic E-state index is -0.684. The van der Waals surface area contributed by atoms with Crippen molar-refractivity contribution in [2.24, 2.45) is 11.8 Å². The smallest absolute Gasteiger partial charge is 0.407 e. The van der Waals surface area contributed by atoms with E-state index in [4.69, 9.17) is 19.4 Å². The molecule has 56 heavy (non-hydrogen) atoms. The highest BCUT2D eigenvalue weighted by molar-refractivity contribution is 5.87. The van der Waals surface area contributed by atoms with Crippen molar-refractivity contribution in [1.29, 1.82) is 0 Å². The van der Waals surface area contributed by atoms with Gasteiger partial charge in [-0.3, -0.25) is 9.59 Å². The van der Waals surface area contributed by atoms with Crippen molar-refractivity contribution in [3.8, 4) is 22.3 Å². The molecule has 2 aliphatic rings. The fraction of sp³-hybridized carbons (Fsp3) is 0.429. The Morgan fingerprint density at radius 1 is 0.625 bits per heavy atom. The van der Waals surface area contributed by atoms with Crippen molar-refractivity contribution in [2.45, 2.75) is 77.5 Å². The largest absolute Gasteiger partial charge is 0.453 e. The van der Waals surface area contributed by atoms with E-state index in [1.807, 2.05) is 71.1 Å². The van der Waals surface area contributed by atoms with Gasteiger partial charge in [-0.05, 0) is 84.0 Å². The average Bonchev–Trinajstić information content (AvgIpc) is 4.03. The highest BCUT2D eigenvalue weighted by Crippen LogP contribution is 2.35. The summed E-state index contributed by atoms with van der Waals surface area (Å²) >= 11 is 0. The van der Waals surface area contributed by atoms with E-state index in [9.17, 15) is 19.2 Å². The third-order valence-corrected chi connectivity index (χ3v) is 11.0. The van der Waals surface area contributed by atoms with Crippen LogP contribution in [0.15, 0.2) is 73.3 Å². The van der Waals surface area contributed by atoms with Crippen molar-refractivity contribution in [1.82, 2.24) is 39.2 Å². The van der Waals surface area contributed by atoms with E-state index in [1.165, 1.54) is 14.2 Å². The fourth-order valence-electron chi connectivity index (χ4n) is 7.97. The number of nitrogens with zero attached hydrogens (tertiary/aromatic N) is 6. The number of amides is 4. The molecule has 0 aliphatic carbocycles. The van der Waals surface area contributed by atoms with Crippen LogP contribution in [-0.4, -0.2) is 92.0 Å². The number of carbonyl (C=O) groups excluding carboxylic acids is 4. The molecule has 4 amide bonds. The quantitative estimate of drug-likeness (QED) is 0.166. The maximum absolute atomic E-state index is 13.6. The zero-order valence-electron chi connectivity index (χ0n) is 32.8. The number of rotatable bonds is 10. The van der Waals surface area contributed by atoms with E-state index in [-0.39, 0.29) is 35.7 Å². The molecule has 0 spiro atoms. The van der Waals surface area contributed by atoms with Crippen LogP contribution in [-0.2, 0) is 19.1 Å². The number of ether oxygens (including phenoxy) is 2. The second-order valence-corrected chi connectivity index (χ2v) is 15.4. The van der Waals surface area contributed by atoms with Gasteiger partial charge in [-0.1, -0.05) is 52.0 Å². The van der Waals surface area contributed by atoms with Crippen LogP contribution in [0.2, 0.25) is 0 Å². The van der Waals surface area contributed by atoms with Crippen LogP contribution in [0.5, 0.6) is 0 Å².